The summed E-state index contributed by atoms with van der Waals surface area (Å²) in [6, 6.07) is 1.12. The molecule has 0 fully saturated rings. The predicted octanol–water partition coefficient (Wildman–Crippen LogP) is 2.62. The number of Topliss-reactive ketones (excluding diaryl/α,β-unsaturated/α-hetero) is 1. The molecule has 6 nitrogen and oxygen atoms in total. The molecular formula is C18H24O6. The molecular weight excluding hydrogens is 312 g/mol. The van der Waals surface area contributed by atoms with Gasteiger partial charge >= 0.3 is 5.97 Å². The molecule has 0 aromatic heterocycles. The van der Waals surface area contributed by atoms with Crippen molar-refractivity contribution in [3.05, 3.63) is 28.8 Å². The summed E-state index contributed by atoms with van der Waals surface area (Å²) in [7, 11) is 0. The van der Waals surface area contributed by atoms with E-state index in [2.05, 4.69) is 0 Å². The lowest BCUT2D eigenvalue weighted by atomic mass is 9.96. The Morgan fingerprint density at radius 1 is 1.12 bits per heavy atom. The number of aromatic hydroxyl groups is 3. The van der Waals surface area contributed by atoms with Crippen LogP contribution in [0.25, 0.3) is 0 Å². The second-order valence-electron chi connectivity index (χ2n) is 6.05. The zero-order valence-corrected chi connectivity index (χ0v) is 14.4. The predicted molar refractivity (Wildman–Crippen MR) is 89.1 cm³/mol. The van der Waals surface area contributed by atoms with E-state index in [-0.39, 0.29) is 59.5 Å². The second kappa shape index (κ2) is 8.38. The maximum Gasteiger partial charge on any atom is 0.302 e. The van der Waals surface area contributed by atoms with E-state index in [1.165, 1.54) is 6.92 Å². The summed E-state index contributed by atoms with van der Waals surface area (Å²) < 4.78 is 4.86. The molecule has 0 spiro atoms. The fourth-order valence-electron chi connectivity index (χ4n) is 2.03. The first kappa shape index (κ1) is 19.5. The van der Waals surface area contributed by atoms with Gasteiger partial charge in [-0.25, -0.2) is 0 Å². The van der Waals surface area contributed by atoms with Crippen LogP contribution in [-0.2, 0) is 27.2 Å². The molecule has 0 aliphatic carbocycles. The van der Waals surface area contributed by atoms with E-state index in [1.54, 1.807) is 26.8 Å². The van der Waals surface area contributed by atoms with Crippen LogP contribution in [0.4, 0.5) is 0 Å². The van der Waals surface area contributed by atoms with Gasteiger partial charge in [0.05, 0.1) is 0 Å². The number of phenolic OH excluding ortho intramolecular Hbond substituents is 3. The normalized spacial score (nSPS) is 11.6. The lowest BCUT2D eigenvalue weighted by Crippen LogP contribution is -2.11. The van der Waals surface area contributed by atoms with Crippen molar-refractivity contribution >= 4 is 11.8 Å². The largest absolute Gasteiger partial charge is 0.507 e. The molecule has 1 aromatic rings. The van der Waals surface area contributed by atoms with Gasteiger partial charge in [0.1, 0.15) is 29.6 Å². The molecule has 1 aromatic carbocycles. The van der Waals surface area contributed by atoms with Gasteiger partial charge in [-0.3, -0.25) is 9.59 Å². The third kappa shape index (κ3) is 5.30. The summed E-state index contributed by atoms with van der Waals surface area (Å²) in [5.74, 6) is -1.62. The van der Waals surface area contributed by atoms with Gasteiger partial charge in [0.15, 0.2) is 0 Å². The van der Waals surface area contributed by atoms with Gasteiger partial charge in [0, 0.05) is 36.5 Å². The molecule has 0 amide bonds. The molecule has 0 saturated heterocycles. The first-order valence-corrected chi connectivity index (χ1v) is 7.70. The zero-order chi connectivity index (χ0) is 18.4. The highest BCUT2D eigenvalue weighted by Crippen LogP contribution is 2.38. The maximum absolute atomic E-state index is 11.9. The number of ether oxygens (including phenoxy) is 1. The monoisotopic (exact) mass is 336 g/mol. The topological polar surface area (TPSA) is 104 Å². The lowest BCUT2D eigenvalue weighted by molar-refractivity contribution is -0.140. The molecule has 0 bridgehead atoms. The van der Waals surface area contributed by atoms with Crippen molar-refractivity contribution in [3.63, 3.8) is 0 Å². The van der Waals surface area contributed by atoms with Crippen molar-refractivity contribution in [2.75, 3.05) is 6.61 Å². The molecule has 0 radical (unpaired) electrons. The molecule has 0 heterocycles. The Bertz CT molecular complexity index is 658. The second-order valence-corrected chi connectivity index (χ2v) is 6.05. The third-order valence-electron chi connectivity index (χ3n) is 3.62. The summed E-state index contributed by atoms with van der Waals surface area (Å²) in [4.78, 5) is 22.7. The van der Waals surface area contributed by atoms with E-state index in [0.717, 1.165) is 11.6 Å². The Morgan fingerprint density at radius 2 is 1.71 bits per heavy atom. The molecule has 0 unspecified atom stereocenters. The Kier molecular flexibility index (Phi) is 6.82. The number of carbonyl (C=O) groups excluding carboxylic acids is 2. The Hall–Kier alpha value is -2.50. The number of ketones is 1. The van der Waals surface area contributed by atoms with Crippen LogP contribution in [0.3, 0.4) is 0 Å². The minimum absolute atomic E-state index is 0.104. The van der Waals surface area contributed by atoms with Crippen molar-refractivity contribution in [3.8, 4) is 17.2 Å². The van der Waals surface area contributed by atoms with Crippen LogP contribution in [0.1, 0.15) is 38.8 Å². The highest BCUT2D eigenvalue weighted by atomic mass is 16.5. The van der Waals surface area contributed by atoms with E-state index < -0.39 is 5.97 Å². The van der Waals surface area contributed by atoms with Gasteiger partial charge in [-0.05, 0) is 18.9 Å². The van der Waals surface area contributed by atoms with Crippen molar-refractivity contribution in [1.29, 1.82) is 0 Å². The number of rotatable bonds is 7. The van der Waals surface area contributed by atoms with Crippen LogP contribution >= 0.6 is 0 Å². The average Bonchev–Trinajstić information content (AvgIpc) is 2.48. The van der Waals surface area contributed by atoms with Gasteiger partial charge in [-0.1, -0.05) is 19.9 Å². The molecule has 0 aliphatic rings. The number of allylic oxidation sites excluding steroid dienone is 1. The summed E-state index contributed by atoms with van der Waals surface area (Å²) in [5, 5.41) is 30.2. The van der Waals surface area contributed by atoms with Crippen LogP contribution in [-0.4, -0.2) is 33.7 Å². The summed E-state index contributed by atoms with van der Waals surface area (Å²) in [6.45, 7) is 6.65. The molecule has 3 N–H and O–H groups in total. The third-order valence-corrected chi connectivity index (χ3v) is 3.62. The molecule has 6 heteroatoms. The number of carbonyl (C=O) groups is 2. The number of benzene rings is 1. The standard InChI is InChI=1S/C18H24O6/c1-10(2)15(20)7-14-17(22)8-16(21)13(18(14)23)6-5-11(3)9-24-12(4)19/h5,8,10,21-23H,6-7,9H2,1-4H3/b11-5+. The fraction of sp³-hybridized carbons (Fsp3) is 0.444. The first-order valence-electron chi connectivity index (χ1n) is 7.70. The highest BCUT2D eigenvalue weighted by molar-refractivity contribution is 5.84. The molecule has 0 atom stereocenters. The minimum atomic E-state index is -0.396. The molecule has 132 valence electrons. The van der Waals surface area contributed by atoms with E-state index >= 15 is 0 Å². The van der Waals surface area contributed by atoms with E-state index in [0.29, 0.717) is 0 Å². The number of esters is 1. The molecule has 0 saturated carbocycles. The van der Waals surface area contributed by atoms with Gasteiger partial charge < -0.3 is 20.1 Å². The van der Waals surface area contributed by atoms with E-state index in [1.807, 2.05) is 0 Å². The van der Waals surface area contributed by atoms with Crippen molar-refractivity contribution in [2.24, 2.45) is 5.92 Å². The fourth-order valence-corrected chi connectivity index (χ4v) is 2.03. The quantitative estimate of drug-likeness (QED) is 0.522. The maximum atomic E-state index is 11.9. The van der Waals surface area contributed by atoms with Crippen LogP contribution in [0.5, 0.6) is 17.2 Å². The van der Waals surface area contributed by atoms with Gasteiger partial charge in [-0.2, -0.15) is 0 Å². The zero-order valence-electron chi connectivity index (χ0n) is 14.4. The van der Waals surface area contributed by atoms with Crippen LogP contribution in [0.15, 0.2) is 17.7 Å². The number of hydrogen-bond acceptors (Lipinski definition) is 6. The Balaban J connectivity index is 3.05. The molecule has 24 heavy (non-hydrogen) atoms. The van der Waals surface area contributed by atoms with E-state index in [4.69, 9.17) is 4.74 Å². The Labute approximate surface area is 141 Å². The minimum Gasteiger partial charge on any atom is -0.507 e. The summed E-state index contributed by atoms with van der Waals surface area (Å²) >= 11 is 0. The van der Waals surface area contributed by atoms with Gasteiger partial charge in [-0.15, -0.1) is 0 Å². The van der Waals surface area contributed by atoms with Crippen LogP contribution in [0, 0.1) is 5.92 Å². The van der Waals surface area contributed by atoms with Gasteiger partial charge in [0.25, 0.3) is 0 Å². The highest BCUT2D eigenvalue weighted by Gasteiger charge is 2.20. The smallest absolute Gasteiger partial charge is 0.302 e. The molecule has 1 rings (SSSR count). The van der Waals surface area contributed by atoms with Crippen LogP contribution in [0.2, 0.25) is 0 Å². The SMILES string of the molecule is CC(=O)OC/C(C)=C/Cc1c(O)cc(O)c(CC(=O)C(C)C)c1O. The van der Waals surface area contributed by atoms with Crippen LogP contribution < -0.4 is 0 Å². The number of hydrogen-bond donors (Lipinski definition) is 3. The number of phenols is 3. The molecule has 0 aliphatic heterocycles. The summed E-state index contributed by atoms with van der Waals surface area (Å²) in [5.41, 5.74) is 1.06. The van der Waals surface area contributed by atoms with Crippen molar-refractivity contribution in [2.45, 2.75) is 40.5 Å². The lowest BCUT2D eigenvalue weighted by Gasteiger charge is -2.13. The Morgan fingerprint density at radius 3 is 2.25 bits per heavy atom. The van der Waals surface area contributed by atoms with Gasteiger partial charge in [0.2, 0.25) is 0 Å². The van der Waals surface area contributed by atoms with Crippen molar-refractivity contribution in [1.82, 2.24) is 0 Å². The van der Waals surface area contributed by atoms with E-state index in [9.17, 15) is 24.9 Å². The first-order chi connectivity index (χ1) is 11.1. The summed E-state index contributed by atoms with van der Waals surface area (Å²) in [6.07, 6.45) is 1.76. The van der Waals surface area contributed by atoms with Crippen molar-refractivity contribution < 1.29 is 29.6 Å². The average molecular weight is 336 g/mol.